The summed E-state index contributed by atoms with van der Waals surface area (Å²) in [5.41, 5.74) is 2.36. The van der Waals surface area contributed by atoms with E-state index in [4.69, 9.17) is 0 Å². The van der Waals surface area contributed by atoms with Crippen molar-refractivity contribution < 1.29 is 0 Å². The van der Waals surface area contributed by atoms with Crippen molar-refractivity contribution >= 4 is 67.9 Å². The molecule has 0 heterocycles. The third kappa shape index (κ3) is 2.70. The molecule has 0 saturated carbocycles. The van der Waals surface area contributed by atoms with Crippen molar-refractivity contribution in [2.24, 2.45) is 0 Å². The summed E-state index contributed by atoms with van der Waals surface area (Å²) in [6, 6.07) is 29.9. The summed E-state index contributed by atoms with van der Waals surface area (Å²) in [7, 11) is 0. The predicted molar refractivity (Wildman–Crippen MR) is 108 cm³/mol. The average molecular weight is 439 g/mol. The van der Waals surface area contributed by atoms with Gasteiger partial charge in [-0.05, 0) is 0 Å². The molecular weight excluding hydrogens is 424 g/mol. The predicted octanol–water partition coefficient (Wildman–Crippen LogP) is 4.29. The third-order valence-electron chi connectivity index (χ3n) is 4.21. The Labute approximate surface area is 157 Å². The zero-order valence-electron chi connectivity index (χ0n) is 12.9. The Bertz CT molecular complexity index is 966. The summed E-state index contributed by atoms with van der Waals surface area (Å²) in [6.45, 7) is 0. The van der Waals surface area contributed by atoms with Crippen LogP contribution in [0.5, 0.6) is 0 Å². The number of benzene rings is 4. The van der Waals surface area contributed by atoms with Crippen LogP contribution in [-0.4, -0.2) is 35.0 Å². The Hall–Kier alpha value is -1.89. The molecule has 0 spiro atoms. The Morgan fingerprint density at radius 2 is 1.04 bits per heavy atom. The fourth-order valence-corrected chi connectivity index (χ4v) is 4.01. The first kappa shape index (κ1) is 15.6. The minimum absolute atomic E-state index is 1.07. The summed E-state index contributed by atoms with van der Waals surface area (Å²) in [5, 5.41) is 4.97. The van der Waals surface area contributed by atoms with Crippen LogP contribution in [0.2, 0.25) is 0 Å². The van der Waals surface area contributed by atoms with Gasteiger partial charge in [-0.1, -0.05) is 0 Å². The standard InChI is InChI=1S/C21H15NSe2/c23-21(24)22(19-13-5-9-15-7-1-3-11-17(15)19)20-14-6-10-16-8-2-4-12-18(16)20/h1-14H,(H,23,24). The number of hydrogen-bond donors (Lipinski definition) is 0. The van der Waals surface area contributed by atoms with Crippen LogP contribution in [0.4, 0.5) is 11.4 Å². The van der Waals surface area contributed by atoms with E-state index in [2.05, 4.69) is 121 Å². The third-order valence-corrected chi connectivity index (χ3v) is 5.01. The first-order valence-electron chi connectivity index (χ1n) is 7.74. The SMILES string of the molecule is [Se]=C([SeH])N(c1cccc2ccccc12)c1cccc2ccccc12. The van der Waals surface area contributed by atoms with Gasteiger partial charge in [-0.3, -0.25) is 0 Å². The number of nitrogens with zero attached hydrogens (tertiary/aromatic N) is 1. The van der Waals surface area contributed by atoms with Crippen LogP contribution < -0.4 is 4.90 Å². The van der Waals surface area contributed by atoms with Crippen molar-refractivity contribution in [3.8, 4) is 0 Å². The number of anilines is 2. The maximum absolute atomic E-state index is 3.18. The molecule has 4 aromatic carbocycles. The van der Waals surface area contributed by atoms with E-state index in [1.807, 2.05) is 0 Å². The van der Waals surface area contributed by atoms with Crippen molar-refractivity contribution in [1.29, 1.82) is 0 Å². The van der Waals surface area contributed by atoms with Crippen molar-refractivity contribution in [2.45, 2.75) is 0 Å². The second-order valence-electron chi connectivity index (χ2n) is 5.61. The molecule has 4 aromatic rings. The number of hydrogen-bond acceptors (Lipinski definition) is 1. The zero-order chi connectivity index (χ0) is 16.5. The van der Waals surface area contributed by atoms with Crippen molar-refractivity contribution in [1.82, 2.24) is 0 Å². The first-order valence-corrected chi connectivity index (χ1v) is 9.54. The molecule has 0 bridgehead atoms. The van der Waals surface area contributed by atoms with Gasteiger partial charge in [0.05, 0.1) is 0 Å². The van der Waals surface area contributed by atoms with Crippen LogP contribution >= 0.6 is 0 Å². The maximum atomic E-state index is 3.18. The molecule has 0 N–H and O–H groups in total. The topological polar surface area (TPSA) is 3.24 Å². The van der Waals surface area contributed by atoms with Gasteiger partial charge < -0.3 is 0 Å². The molecule has 0 aromatic heterocycles. The molecule has 24 heavy (non-hydrogen) atoms. The molecule has 0 aliphatic rings. The van der Waals surface area contributed by atoms with Crippen LogP contribution in [0.1, 0.15) is 0 Å². The Balaban J connectivity index is 2.02. The van der Waals surface area contributed by atoms with Crippen molar-refractivity contribution in [3.63, 3.8) is 0 Å². The van der Waals surface area contributed by atoms with Crippen LogP contribution in [0.15, 0.2) is 84.9 Å². The second-order valence-corrected chi connectivity index (χ2v) is 8.79. The molecule has 3 heteroatoms. The molecule has 0 amide bonds. The quantitative estimate of drug-likeness (QED) is 0.431. The number of rotatable bonds is 3. The van der Waals surface area contributed by atoms with Gasteiger partial charge in [-0.2, -0.15) is 0 Å². The Morgan fingerprint density at radius 1 is 0.625 bits per heavy atom. The molecule has 0 atom stereocenters. The monoisotopic (exact) mass is 441 g/mol. The molecular formula is C21H15NSe2. The molecule has 0 aliphatic carbocycles. The number of fused-ring (bicyclic) bond motifs is 2. The molecule has 4 rings (SSSR count). The van der Waals surface area contributed by atoms with E-state index < -0.39 is 0 Å². The van der Waals surface area contributed by atoms with Gasteiger partial charge in [-0.25, -0.2) is 0 Å². The summed E-state index contributed by atoms with van der Waals surface area (Å²) in [6.07, 6.45) is 0. The first-order chi connectivity index (χ1) is 11.8. The fraction of sp³-hybridized carbons (Fsp3) is 0. The fourth-order valence-electron chi connectivity index (χ4n) is 3.14. The molecule has 0 aliphatic heterocycles. The summed E-state index contributed by atoms with van der Waals surface area (Å²) < 4.78 is 1.07. The molecule has 116 valence electrons. The van der Waals surface area contributed by atoms with E-state index in [-0.39, 0.29) is 0 Å². The molecule has 0 radical (unpaired) electrons. The van der Waals surface area contributed by atoms with Gasteiger partial charge in [0.2, 0.25) is 0 Å². The van der Waals surface area contributed by atoms with Gasteiger partial charge in [0.25, 0.3) is 0 Å². The van der Waals surface area contributed by atoms with E-state index in [0.717, 1.165) is 3.44 Å². The van der Waals surface area contributed by atoms with Crippen LogP contribution in [0.3, 0.4) is 0 Å². The van der Waals surface area contributed by atoms with E-state index in [9.17, 15) is 0 Å². The Kier molecular flexibility index (Phi) is 4.26. The summed E-state index contributed by atoms with van der Waals surface area (Å²) in [5.74, 6) is 0. The second kappa shape index (κ2) is 6.55. The zero-order valence-corrected chi connectivity index (χ0v) is 16.5. The van der Waals surface area contributed by atoms with Crippen LogP contribution in [0.25, 0.3) is 21.5 Å². The minimum atomic E-state index is 1.07. The summed E-state index contributed by atoms with van der Waals surface area (Å²) in [4.78, 5) is 2.28. The molecule has 0 fully saturated rings. The van der Waals surface area contributed by atoms with Crippen LogP contribution in [-0.2, 0) is 0 Å². The van der Waals surface area contributed by atoms with Gasteiger partial charge in [0.15, 0.2) is 0 Å². The van der Waals surface area contributed by atoms with Gasteiger partial charge in [0, 0.05) is 0 Å². The average Bonchev–Trinajstić information content (AvgIpc) is 2.62. The van der Waals surface area contributed by atoms with Crippen molar-refractivity contribution in [3.05, 3.63) is 84.9 Å². The summed E-state index contributed by atoms with van der Waals surface area (Å²) >= 11 is 5.82. The van der Waals surface area contributed by atoms with Gasteiger partial charge in [-0.15, -0.1) is 0 Å². The van der Waals surface area contributed by atoms with E-state index in [1.54, 1.807) is 0 Å². The van der Waals surface area contributed by atoms with Crippen LogP contribution in [0, 0.1) is 0 Å². The van der Waals surface area contributed by atoms with E-state index >= 15 is 0 Å². The van der Waals surface area contributed by atoms with Gasteiger partial charge >= 0.3 is 158 Å². The molecule has 0 unspecified atom stereocenters. The normalized spacial score (nSPS) is 10.9. The Morgan fingerprint density at radius 3 is 1.50 bits per heavy atom. The van der Waals surface area contributed by atoms with Crippen molar-refractivity contribution in [2.75, 3.05) is 4.90 Å². The van der Waals surface area contributed by atoms with Gasteiger partial charge in [0.1, 0.15) is 0 Å². The van der Waals surface area contributed by atoms with E-state index in [0.29, 0.717) is 0 Å². The van der Waals surface area contributed by atoms with E-state index in [1.165, 1.54) is 32.9 Å². The molecule has 1 nitrogen and oxygen atoms in total. The molecule has 0 saturated heterocycles.